The highest BCUT2D eigenvalue weighted by molar-refractivity contribution is 5.79. The van der Waals surface area contributed by atoms with Crippen LogP contribution in [0.3, 0.4) is 0 Å². The zero-order valence-corrected chi connectivity index (χ0v) is 15.3. The van der Waals surface area contributed by atoms with Crippen LogP contribution in [-0.2, 0) is 23.9 Å². The lowest BCUT2D eigenvalue weighted by Gasteiger charge is -2.25. The molecule has 0 bridgehead atoms. The van der Waals surface area contributed by atoms with Gasteiger partial charge in [0.15, 0.2) is 5.69 Å². The minimum Gasteiger partial charge on any atom is -0.478 e. The Balaban J connectivity index is 1.58. The van der Waals surface area contributed by atoms with Gasteiger partial charge in [-0.1, -0.05) is 30.3 Å². The number of likely N-dealkylation sites (tertiary alicyclic amines) is 1. The lowest BCUT2D eigenvalue weighted by atomic mass is 10.0. The smallest absolute Gasteiger partial charge is 0.435 e. The average molecular weight is 393 g/mol. The van der Waals surface area contributed by atoms with Crippen molar-refractivity contribution in [2.24, 2.45) is 0 Å². The summed E-state index contributed by atoms with van der Waals surface area (Å²) in [5.41, 5.74) is 1.33. The number of halogens is 3. The highest BCUT2D eigenvalue weighted by Gasteiger charge is 2.33. The minimum atomic E-state index is -4.41. The van der Waals surface area contributed by atoms with E-state index < -0.39 is 17.8 Å². The summed E-state index contributed by atoms with van der Waals surface area (Å²) >= 11 is 0. The maximum atomic E-state index is 12.7. The SMILES string of the molecule is O=C(O)/C=C/Cc1ccc([C@@H]2CCCN2CCn2ccc(C(F)(F)F)n2)cc1. The van der Waals surface area contributed by atoms with Crippen LogP contribution in [-0.4, -0.2) is 38.8 Å². The first-order valence-electron chi connectivity index (χ1n) is 9.16. The summed E-state index contributed by atoms with van der Waals surface area (Å²) in [5, 5.41) is 12.2. The summed E-state index contributed by atoms with van der Waals surface area (Å²) in [6.07, 6.45) is 2.30. The monoisotopic (exact) mass is 393 g/mol. The number of carboxylic acids is 1. The number of alkyl halides is 3. The lowest BCUT2D eigenvalue weighted by molar-refractivity contribution is -0.141. The number of nitrogens with zero attached hydrogens (tertiary/aromatic N) is 3. The highest BCUT2D eigenvalue weighted by Crippen LogP contribution is 2.32. The number of hydrogen-bond acceptors (Lipinski definition) is 3. The number of hydrogen-bond donors (Lipinski definition) is 1. The Morgan fingerprint density at radius 3 is 2.61 bits per heavy atom. The van der Waals surface area contributed by atoms with E-state index in [1.54, 1.807) is 6.08 Å². The topological polar surface area (TPSA) is 58.4 Å². The molecule has 0 amide bonds. The van der Waals surface area contributed by atoms with E-state index in [1.165, 1.54) is 16.4 Å². The summed E-state index contributed by atoms with van der Waals surface area (Å²) < 4.78 is 39.3. The van der Waals surface area contributed by atoms with Gasteiger partial charge in [-0.3, -0.25) is 9.58 Å². The molecule has 0 saturated carbocycles. The van der Waals surface area contributed by atoms with Crippen molar-refractivity contribution in [2.75, 3.05) is 13.1 Å². The van der Waals surface area contributed by atoms with Crippen LogP contribution in [0.2, 0.25) is 0 Å². The van der Waals surface area contributed by atoms with Gasteiger partial charge in [0.1, 0.15) is 0 Å². The molecule has 1 aromatic heterocycles. The normalized spacial score (nSPS) is 18.2. The molecule has 2 aromatic rings. The fourth-order valence-corrected chi connectivity index (χ4v) is 3.51. The van der Waals surface area contributed by atoms with Gasteiger partial charge < -0.3 is 5.11 Å². The number of carbonyl (C=O) groups is 1. The zero-order chi connectivity index (χ0) is 20.1. The van der Waals surface area contributed by atoms with Crippen LogP contribution in [0.15, 0.2) is 48.7 Å². The van der Waals surface area contributed by atoms with Crippen LogP contribution >= 0.6 is 0 Å². The molecule has 1 saturated heterocycles. The molecule has 1 fully saturated rings. The third-order valence-corrected chi connectivity index (χ3v) is 4.89. The van der Waals surface area contributed by atoms with Gasteiger partial charge in [-0.25, -0.2) is 4.79 Å². The molecule has 8 heteroatoms. The minimum absolute atomic E-state index is 0.237. The molecule has 3 rings (SSSR count). The Morgan fingerprint density at radius 1 is 1.21 bits per heavy atom. The van der Waals surface area contributed by atoms with Gasteiger partial charge in [0.25, 0.3) is 0 Å². The van der Waals surface area contributed by atoms with E-state index in [9.17, 15) is 18.0 Å². The molecule has 0 spiro atoms. The Kier molecular flexibility index (Phi) is 6.18. The average Bonchev–Trinajstić information content (AvgIpc) is 3.29. The summed E-state index contributed by atoms with van der Waals surface area (Å²) in [6.45, 7) is 1.94. The van der Waals surface area contributed by atoms with Crippen LogP contribution in [0, 0.1) is 0 Å². The number of rotatable bonds is 7. The van der Waals surface area contributed by atoms with Gasteiger partial charge in [-0.2, -0.15) is 18.3 Å². The Hall–Kier alpha value is -2.61. The molecule has 150 valence electrons. The second kappa shape index (κ2) is 8.60. The van der Waals surface area contributed by atoms with Gasteiger partial charge in [-0.05, 0) is 43.0 Å². The van der Waals surface area contributed by atoms with Crippen LogP contribution in [0.1, 0.15) is 35.7 Å². The van der Waals surface area contributed by atoms with Gasteiger partial charge in [0.2, 0.25) is 0 Å². The summed E-state index contributed by atoms with van der Waals surface area (Å²) in [4.78, 5) is 12.8. The molecule has 0 aliphatic carbocycles. The predicted molar refractivity (Wildman–Crippen MR) is 97.7 cm³/mol. The van der Waals surface area contributed by atoms with Crippen molar-refractivity contribution in [2.45, 2.75) is 38.0 Å². The van der Waals surface area contributed by atoms with E-state index in [0.29, 0.717) is 19.5 Å². The van der Waals surface area contributed by atoms with E-state index in [2.05, 4.69) is 10.00 Å². The molecule has 0 unspecified atom stereocenters. The molecule has 5 nitrogen and oxygen atoms in total. The molecule has 0 radical (unpaired) electrons. The van der Waals surface area contributed by atoms with Crippen LogP contribution in [0.25, 0.3) is 0 Å². The van der Waals surface area contributed by atoms with Gasteiger partial charge in [0.05, 0.1) is 6.54 Å². The summed E-state index contributed by atoms with van der Waals surface area (Å²) in [7, 11) is 0. The van der Waals surface area contributed by atoms with Crippen molar-refractivity contribution in [1.29, 1.82) is 0 Å². The molecule has 1 N–H and O–H groups in total. The van der Waals surface area contributed by atoms with E-state index in [1.807, 2.05) is 24.3 Å². The van der Waals surface area contributed by atoms with Crippen LogP contribution in [0.5, 0.6) is 0 Å². The molecule has 1 atom stereocenters. The van der Waals surface area contributed by atoms with Crippen molar-refractivity contribution in [1.82, 2.24) is 14.7 Å². The van der Waals surface area contributed by atoms with Gasteiger partial charge in [0, 0.05) is 24.9 Å². The molecule has 2 heterocycles. The maximum Gasteiger partial charge on any atom is 0.435 e. The zero-order valence-electron chi connectivity index (χ0n) is 15.3. The van der Waals surface area contributed by atoms with E-state index in [-0.39, 0.29) is 6.04 Å². The second-order valence-electron chi connectivity index (χ2n) is 6.84. The lowest BCUT2D eigenvalue weighted by Crippen LogP contribution is -2.27. The van der Waals surface area contributed by atoms with Gasteiger partial charge in [-0.15, -0.1) is 0 Å². The third kappa shape index (κ3) is 5.22. The quantitative estimate of drug-likeness (QED) is 0.725. The van der Waals surface area contributed by atoms with Gasteiger partial charge >= 0.3 is 12.1 Å². The summed E-state index contributed by atoms with van der Waals surface area (Å²) in [5.74, 6) is -0.960. The fourth-order valence-electron chi connectivity index (χ4n) is 3.51. The van der Waals surface area contributed by atoms with Crippen molar-refractivity contribution >= 4 is 5.97 Å². The van der Waals surface area contributed by atoms with E-state index in [4.69, 9.17) is 5.11 Å². The second-order valence-corrected chi connectivity index (χ2v) is 6.84. The molecule has 1 aromatic carbocycles. The molecule has 1 aliphatic rings. The number of aliphatic carboxylic acids is 1. The number of benzene rings is 1. The van der Waals surface area contributed by atoms with Crippen molar-refractivity contribution in [3.05, 3.63) is 65.5 Å². The first kappa shape index (κ1) is 20.1. The Labute approximate surface area is 161 Å². The van der Waals surface area contributed by atoms with E-state index in [0.717, 1.165) is 37.1 Å². The third-order valence-electron chi connectivity index (χ3n) is 4.89. The Bertz CT molecular complexity index is 828. The molecular weight excluding hydrogens is 371 g/mol. The Morgan fingerprint density at radius 2 is 1.96 bits per heavy atom. The molecular formula is C20H22F3N3O2. The maximum absolute atomic E-state index is 12.7. The van der Waals surface area contributed by atoms with Crippen LogP contribution in [0.4, 0.5) is 13.2 Å². The number of allylic oxidation sites excluding steroid dienone is 1. The largest absolute Gasteiger partial charge is 0.478 e. The first-order valence-corrected chi connectivity index (χ1v) is 9.16. The fraction of sp³-hybridized carbons (Fsp3) is 0.400. The first-order chi connectivity index (χ1) is 13.3. The number of carboxylic acid groups (broad SMARTS) is 1. The molecule has 1 aliphatic heterocycles. The van der Waals surface area contributed by atoms with Crippen molar-refractivity contribution < 1.29 is 23.1 Å². The predicted octanol–water partition coefficient (Wildman–Crippen LogP) is 3.92. The molecule has 28 heavy (non-hydrogen) atoms. The summed E-state index contributed by atoms with van der Waals surface area (Å²) in [6, 6.07) is 9.30. The standard InChI is InChI=1S/C20H22F3N3O2/c21-20(22,23)18-10-12-26(24-18)14-13-25-11-2-4-17(25)16-8-6-15(7-9-16)3-1-5-19(27)28/h1,5-10,12,17H,2-4,11,13-14H2,(H,27,28)/b5-1+/t17-/m0/s1. The van der Waals surface area contributed by atoms with Crippen LogP contribution < -0.4 is 0 Å². The highest BCUT2D eigenvalue weighted by atomic mass is 19.4. The number of aromatic nitrogens is 2. The van der Waals surface area contributed by atoms with Crippen molar-refractivity contribution in [3.8, 4) is 0 Å². The van der Waals surface area contributed by atoms with E-state index >= 15 is 0 Å². The van der Waals surface area contributed by atoms with Crippen molar-refractivity contribution in [3.63, 3.8) is 0 Å².